The zero-order valence-corrected chi connectivity index (χ0v) is 14.3. The molecular weight excluding hydrogens is 360 g/mol. The van der Waals surface area contributed by atoms with Crippen LogP contribution >= 0.6 is 11.6 Å². The van der Waals surface area contributed by atoms with Crippen LogP contribution in [0.3, 0.4) is 0 Å². The number of benzene rings is 2. The number of hydrogen-bond donors (Lipinski definition) is 2. The van der Waals surface area contributed by atoms with Crippen molar-refractivity contribution in [1.29, 1.82) is 0 Å². The van der Waals surface area contributed by atoms with Gasteiger partial charge < -0.3 is 15.2 Å². The average Bonchev–Trinajstić information content (AvgIpc) is 3.14. The number of aromatic amines is 1. The van der Waals surface area contributed by atoms with Crippen LogP contribution in [-0.2, 0) is 0 Å². The fraction of sp³-hybridized carbons (Fsp3) is 0.0588. The average molecular weight is 373 g/mol. The molecule has 3 rings (SSSR count). The fourth-order valence-corrected chi connectivity index (χ4v) is 2.53. The zero-order valence-electron chi connectivity index (χ0n) is 13.5. The molecule has 0 spiro atoms. The van der Waals surface area contributed by atoms with Gasteiger partial charge in [-0.1, -0.05) is 29.8 Å². The van der Waals surface area contributed by atoms with Gasteiger partial charge in [-0.15, -0.1) is 0 Å². The third kappa shape index (κ3) is 3.35. The number of halogens is 1. The first-order chi connectivity index (χ1) is 12.5. The van der Waals surface area contributed by atoms with E-state index in [0.29, 0.717) is 11.1 Å². The van der Waals surface area contributed by atoms with E-state index in [0.717, 1.165) is 0 Å². The number of nitrogens with two attached hydrogens (primary N) is 1. The quantitative estimate of drug-likeness (QED) is 0.524. The molecule has 132 valence electrons. The lowest BCUT2D eigenvalue weighted by molar-refractivity contribution is 0.0729. The lowest BCUT2D eigenvalue weighted by atomic mass is 10.1. The molecule has 0 fully saturated rings. The molecule has 1 amide bonds. The molecule has 8 nitrogen and oxygen atoms in total. The number of rotatable bonds is 5. The van der Waals surface area contributed by atoms with Crippen LogP contribution < -0.4 is 15.2 Å². The minimum atomic E-state index is -0.747. The predicted octanol–water partition coefficient (Wildman–Crippen LogP) is 2.45. The molecular formula is C17H13ClN4O4. The number of hydrogen-bond acceptors (Lipinski definition) is 6. The van der Waals surface area contributed by atoms with Gasteiger partial charge in [-0.2, -0.15) is 15.4 Å². The number of aromatic nitrogens is 3. The van der Waals surface area contributed by atoms with E-state index in [2.05, 4.69) is 15.4 Å². The Morgan fingerprint density at radius 3 is 2.54 bits per heavy atom. The van der Waals surface area contributed by atoms with Crippen molar-refractivity contribution in [3.63, 3.8) is 0 Å². The molecule has 0 saturated heterocycles. The maximum atomic E-state index is 12.3. The van der Waals surface area contributed by atoms with Crippen LogP contribution in [0.5, 0.6) is 11.5 Å². The summed E-state index contributed by atoms with van der Waals surface area (Å²) in [6.07, 6.45) is 0. The second kappa shape index (κ2) is 7.24. The normalized spacial score (nSPS) is 10.4. The number of methoxy groups -OCH3 is 1. The topological polar surface area (TPSA) is 120 Å². The highest BCUT2D eigenvalue weighted by molar-refractivity contribution is 6.32. The van der Waals surface area contributed by atoms with Gasteiger partial charge in [-0.05, 0) is 24.3 Å². The number of ether oxygens (including phenoxy) is 2. The number of carbonyl (C=O) groups is 2. The van der Waals surface area contributed by atoms with Crippen molar-refractivity contribution in [3.05, 3.63) is 58.7 Å². The summed E-state index contributed by atoms with van der Waals surface area (Å²) in [7, 11) is 1.40. The molecule has 1 heterocycles. The van der Waals surface area contributed by atoms with Crippen molar-refractivity contribution in [1.82, 2.24) is 15.4 Å². The first kappa shape index (κ1) is 17.4. The van der Waals surface area contributed by atoms with E-state index in [1.807, 2.05) is 0 Å². The van der Waals surface area contributed by atoms with E-state index in [4.69, 9.17) is 26.8 Å². The van der Waals surface area contributed by atoms with E-state index in [1.165, 1.54) is 19.2 Å². The Kier molecular flexibility index (Phi) is 4.85. The number of amides is 1. The molecule has 9 heteroatoms. The predicted molar refractivity (Wildman–Crippen MR) is 93.3 cm³/mol. The van der Waals surface area contributed by atoms with Crippen molar-refractivity contribution >= 4 is 23.5 Å². The summed E-state index contributed by atoms with van der Waals surface area (Å²) in [5, 5.41) is 10.0. The van der Waals surface area contributed by atoms with Crippen molar-refractivity contribution in [2.24, 2.45) is 5.73 Å². The molecule has 0 aliphatic carbocycles. The van der Waals surface area contributed by atoms with Crippen LogP contribution in [0.25, 0.3) is 11.3 Å². The van der Waals surface area contributed by atoms with Gasteiger partial charge in [-0.25, -0.2) is 4.79 Å². The van der Waals surface area contributed by atoms with Crippen LogP contribution in [0.4, 0.5) is 0 Å². The Morgan fingerprint density at radius 2 is 1.88 bits per heavy atom. The summed E-state index contributed by atoms with van der Waals surface area (Å²) < 4.78 is 10.6. The molecule has 0 bridgehead atoms. The number of nitrogens with zero attached hydrogens (tertiary/aromatic N) is 2. The second-order valence-electron chi connectivity index (χ2n) is 5.13. The number of nitrogens with one attached hydrogen (secondary N) is 1. The Bertz CT molecular complexity index is 972. The van der Waals surface area contributed by atoms with Gasteiger partial charge in [0, 0.05) is 5.56 Å². The van der Waals surface area contributed by atoms with Gasteiger partial charge >= 0.3 is 5.97 Å². The highest BCUT2D eigenvalue weighted by atomic mass is 35.5. The number of carbonyl (C=O) groups excluding carboxylic acids is 2. The maximum Gasteiger partial charge on any atom is 0.343 e. The molecule has 0 radical (unpaired) electrons. The van der Waals surface area contributed by atoms with Crippen LogP contribution in [0.2, 0.25) is 5.02 Å². The molecule has 1 aromatic heterocycles. The van der Waals surface area contributed by atoms with Gasteiger partial charge in [0.1, 0.15) is 5.69 Å². The summed E-state index contributed by atoms with van der Waals surface area (Å²) in [6, 6.07) is 11.4. The Morgan fingerprint density at radius 1 is 1.15 bits per heavy atom. The van der Waals surface area contributed by atoms with Gasteiger partial charge in [0.05, 0.1) is 17.7 Å². The van der Waals surface area contributed by atoms with Crippen LogP contribution in [0, 0.1) is 0 Å². The van der Waals surface area contributed by atoms with Gasteiger partial charge in [-0.3, -0.25) is 4.79 Å². The van der Waals surface area contributed by atoms with E-state index in [9.17, 15) is 9.59 Å². The minimum absolute atomic E-state index is 0.0443. The largest absolute Gasteiger partial charge is 0.493 e. The summed E-state index contributed by atoms with van der Waals surface area (Å²) >= 11 is 6.26. The monoisotopic (exact) mass is 372 g/mol. The molecule has 26 heavy (non-hydrogen) atoms. The highest BCUT2D eigenvalue weighted by Gasteiger charge is 2.21. The van der Waals surface area contributed by atoms with Crippen molar-refractivity contribution in [3.8, 4) is 22.8 Å². The lowest BCUT2D eigenvalue weighted by Crippen LogP contribution is -2.13. The molecule has 0 saturated carbocycles. The van der Waals surface area contributed by atoms with Gasteiger partial charge in [0.2, 0.25) is 0 Å². The number of esters is 1. The molecule has 3 aromatic rings. The van der Waals surface area contributed by atoms with Crippen molar-refractivity contribution in [2.75, 3.05) is 7.11 Å². The van der Waals surface area contributed by atoms with E-state index < -0.39 is 11.9 Å². The lowest BCUT2D eigenvalue weighted by Gasteiger charge is -2.12. The molecule has 0 aliphatic rings. The molecule has 0 atom stereocenters. The summed E-state index contributed by atoms with van der Waals surface area (Å²) in [5.41, 5.74) is 6.22. The Balaban J connectivity index is 1.99. The Labute approximate surface area is 152 Å². The molecule has 2 aromatic carbocycles. The minimum Gasteiger partial charge on any atom is -0.493 e. The van der Waals surface area contributed by atoms with Gasteiger partial charge in [0.25, 0.3) is 5.91 Å². The SMILES string of the molecule is COc1cc(-c2n[nH]nc2C(N)=O)cc(Cl)c1OC(=O)c1ccccc1. The third-order valence-electron chi connectivity index (χ3n) is 3.49. The van der Waals surface area contributed by atoms with Crippen LogP contribution in [0.15, 0.2) is 42.5 Å². The van der Waals surface area contributed by atoms with E-state index in [1.54, 1.807) is 30.3 Å². The molecule has 0 aliphatic heterocycles. The third-order valence-corrected chi connectivity index (χ3v) is 3.77. The smallest absolute Gasteiger partial charge is 0.343 e. The van der Waals surface area contributed by atoms with Crippen LogP contribution in [-0.4, -0.2) is 34.4 Å². The van der Waals surface area contributed by atoms with E-state index in [-0.39, 0.29) is 27.9 Å². The van der Waals surface area contributed by atoms with Gasteiger partial charge in [0.15, 0.2) is 17.2 Å². The summed E-state index contributed by atoms with van der Waals surface area (Å²) in [4.78, 5) is 23.7. The molecule has 3 N–H and O–H groups in total. The first-order valence-corrected chi connectivity index (χ1v) is 7.74. The fourth-order valence-electron chi connectivity index (χ4n) is 2.29. The molecule has 0 unspecified atom stereocenters. The summed E-state index contributed by atoms with van der Waals surface area (Å²) in [6.45, 7) is 0. The van der Waals surface area contributed by atoms with Crippen LogP contribution in [0.1, 0.15) is 20.8 Å². The second-order valence-corrected chi connectivity index (χ2v) is 5.54. The van der Waals surface area contributed by atoms with Crippen molar-refractivity contribution < 1.29 is 19.1 Å². The summed E-state index contributed by atoms with van der Waals surface area (Å²) in [5.74, 6) is -1.09. The maximum absolute atomic E-state index is 12.3. The number of H-pyrrole nitrogens is 1. The Hall–Kier alpha value is -3.39. The van der Waals surface area contributed by atoms with E-state index >= 15 is 0 Å². The standard InChI is InChI=1S/C17H13ClN4O4/c1-25-12-8-10(13-14(16(19)23)21-22-20-13)7-11(18)15(12)26-17(24)9-5-3-2-4-6-9/h2-8H,1H3,(H2,19,23)(H,20,21,22). The zero-order chi connectivity index (χ0) is 18.7. The number of primary amides is 1. The van der Waals surface area contributed by atoms with Crippen molar-refractivity contribution in [2.45, 2.75) is 0 Å². The first-order valence-electron chi connectivity index (χ1n) is 7.37. The highest BCUT2D eigenvalue weighted by Crippen LogP contribution is 2.39.